The van der Waals surface area contributed by atoms with Crippen molar-refractivity contribution in [2.24, 2.45) is 0 Å². The van der Waals surface area contributed by atoms with Gasteiger partial charge in [0, 0.05) is 99.5 Å². The van der Waals surface area contributed by atoms with Gasteiger partial charge in [-0.3, -0.25) is 0 Å². The molecular weight excluding hydrogens is 1740 g/mol. The lowest BCUT2D eigenvalue weighted by Crippen LogP contribution is -2.01. The largest absolute Gasteiger partial charge is 0.309 e. The number of hydrogen-bond donors (Lipinski definition) is 0. The predicted octanol–water partition coefficient (Wildman–Crippen LogP) is 34.3. The molecule has 6 heterocycles. The maximum absolute atomic E-state index is 5.17. The summed E-state index contributed by atoms with van der Waals surface area (Å²) in [5.74, 6) is 3.33. The molecule has 10 nitrogen and oxygen atoms in total. The van der Waals surface area contributed by atoms with E-state index < -0.39 is 0 Å². The lowest BCUT2D eigenvalue weighted by molar-refractivity contribution is 1.07. The van der Waals surface area contributed by atoms with E-state index in [9.17, 15) is 0 Å². The van der Waals surface area contributed by atoms with Gasteiger partial charge in [0.1, 0.15) is 0 Å². The van der Waals surface area contributed by atoms with E-state index >= 15 is 0 Å². The van der Waals surface area contributed by atoms with Gasteiger partial charge >= 0.3 is 0 Å². The zero-order chi connectivity index (χ0) is 94.4. The second kappa shape index (κ2) is 35.1. The number of nitrogens with zero attached hydrogens (tertiary/aromatic N) is 10. The topological polar surface area (TPSA) is 105 Å². The monoisotopic (exact) mass is 1820 g/mol. The molecule has 0 fully saturated rings. The van der Waals surface area contributed by atoms with E-state index in [1.165, 1.54) is 130 Å². The Morgan fingerprint density at radius 2 is 0.329 bits per heavy atom. The van der Waals surface area contributed by atoms with Crippen molar-refractivity contribution in [2.45, 2.75) is 0 Å². The highest BCUT2D eigenvalue weighted by Crippen LogP contribution is 2.47. The highest BCUT2D eigenvalue weighted by Gasteiger charge is 2.25. The smallest absolute Gasteiger partial charge is 0.164 e. The summed E-state index contributed by atoms with van der Waals surface area (Å²) in [6.07, 6.45) is 0. The quantitative estimate of drug-likeness (QED) is 0.120. The fraction of sp³-hybridized carbons (Fsp3) is 0. The molecule has 0 aliphatic rings. The third kappa shape index (κ3) is 14.9. The highest BCUT2D eigenvalue weighted by molar-refractivity contribution is 6.31. The van der Waals surface area contributed by atoms with Crippen molar-refractivity contribution >= 4 is 152 Å². The first kappa shape index (κ1) is 83.1. The van der Waals surface area contributed by atoms with E-state index in [2.05, 4.69) is 475 Å². The fourth-order valence-electron chi connectivity index (χ4n) is 21.4. The zero-order valence-electron chi connectivity index (χ0n) is 77.5. The second-order valence-electron chi connectivity index (χ2n) is 36.6. The molecule has 0 saturated heterocycles. The Balaban J connectivity index is 0.000000108. The summed E-state index contributed by atoms with van der Waals surface area (Å²) in [6.45, 7) is 0. The summed E-state index contributed by atoms with van der Waals surface area (Å²) in [4.78, 5) is 35.7. The molecule has 0 bridgehead atoms. The lowest BCUT2D eigenvalue weighted by Gasteiger charge is -2.12. The number of benzene rings is 23. The van der Waals surface area contributed by atoms with Crippen LogP contribution >= 0.6 is 0 Å². The van der Waals surface area contributed by atoms with Gasteiger partial charge in [0.25, 0.3) is 0 Å². The molecule has 23 aromatic carbocycles. The van der Waals surface area contributed by atoms with Crippen molar-refractivity contribution < 1.29 is 0 Å². The number of hydrogen-bond acceptors (Lipinski definition) is 7. The standard InChI is InChI=1S/C49H30N4.2C42H27N3/c1-3-14-35-28-38(22-20-31(35)10-1)48-50-47(51-49(52-48)39-23-21-32-11-2-4-15-36(32)29-39)37-16-9-17-40(30-37)53-43-26-24-33-12-5-7-18-41(33)45(43)46-42-19-8-6-13-34(42)25-27-44(46)53;1-3-14-30(15-4-1)36-27-37(31-16-5-2-6-17-31)44-42(43-36)32-18-11-19-33(26-32)45-38-24-22-28-12-7-9-20-34(28)40(38)41-35-21-10-8-13-29(35)23-25-39(41)45;1-3-13-30(14-4-1)36-27-37(31-15-5-2-6-16-31)44-42(43-36)32-19-23-33(24-20-32)45-38-25-21-28-11-7-9-17-34(28)40(38)41-35-18-10-8-12-29(35)22-26-39(41)45/h1-30H;2*1-27H. The molecule has 29 rings (SSSR count). The van der Waals surface area contributed by atoms with Crippen LogP contribution in [-0.4, -0.2) is 48.6 Å². The Kier molecular flexibility index (Phi) is 20.4. The van der Waals surface area contributed by atoms with Gasteiger partial charge in [-0.15, -0.1) is 0 Å². The first-order valence-corrected chi connectivity index (χ1v) is 48.5. The van der Waals surface area contributed by atoms with E-state index in [-0.39, 0.29) is 0 Å². The lowest BCUT2D eigenvalue weighted by atomic mass is 10.00. The van der Waals surface area contributed by atoms with E-state index in [0.29, 0.717) is 29.1 Å². The number of fused-ring (bicyclic) bond motifs is 23. The fourth-order valence-corrected chi connectivity index (χ4v) is 21.4. The van der Waals surface area contributed by atoms with Gasteiger partial charge < -0.3 is 13.7 Å². The number of rotatable bonds is 12. The Hall–Kier alpha value is -19.3. The van der Waals surface area contributed by atoms with E-state index in [4.69, 9.17) is 34.9 Å². The molecule has 0 spiro atoms. The van der Waals surface area contributed by atoms with Crippen LogP contribution in [0.15, 0.2) is 510 Å². The van der Waals surface area contributed by atoms with Crippen LogP contribution in [0.4, 0.5) is 0 Å². The van der Waals surface area contributed by atoms with Crippen LogP contribution in [-0.2, 0) is 0 Å². The van der Waals surface area contributed by atoms with E-state index in [0.717, 1.165) is 112 Å². The third-order valence-corrected chi connectivity index (χ3v) is 28.1. The minimum absolute atomic E-state index is 0.629. The Labute approximate surface area is 823 Å². The second-order valence-corrected chi connectivity index (χ2v) is 36.6. The van der Waals surface area contributed by atoms with Crippen LogP contribution in [0.5, 0.6) is 0 Å². The Bertz CT molecular complexity index is 9620. The molecule has 143 heavy (non-hydrogen) atoms. The van der Waals surface area contributed by atoms with Crippen LogP contribution in [0.25, 0.3) is 271 Å². The average Bonchev–Trinajstić information content (AvgIpc) is 1.57. The molecule has 10 heteroatoms. The Morgan fingerprint density at radius 3 is 0.615 bits per heavy atom. The van der Waals surface area contributed by atoms with Crippen LogP contribution in [0.3, 0.4) is 0 Å². The molecule has 6 aromatic heterocycles. The zero-order valence-corrected chi connectivity index (χ0v) is 77.5. The van der Waals surface area contributed by atoms with Crippen molar-refractivity contribution in [1.29, 1.82) is 0 Å². The summed E-state index contributed by atoms with van der Waals surface area (Å²) in [7, 11) is 0. The molecule has 0 aliphatic heterocycles. The average molecular weight is 1820 g/mol. The molecule has 0 N–H and O–H groups in total. The van der Waals surface area contributed by atoms with Gasteiger partial charge in [-0.2, -0.15) is 0 Å². The van der Waals surface area contributed by atoms with Crippen molar-refractivity contribution in [1.82, 2.24) is 48.6 Å². The van der Waals surface area contributed by atoms with Gasteiger partial charge in [-0.05, 0) is 195 Å². The predicted molar refractivity (Wildman–Crippen MR) is 596 cm³/mol. The van der Waals surface area contributed by atoms with E-state index in [1.54, 1.807) is 0 Å². The molecule has 0 radical (unpaired) electrons. The minimum atomic E-state index is 0.629. The van der Waals surface area contributed by atoms with Crippen molar-refractivity contribution in [3.05, 3.63) is 510 Å². The summed E-state index contributed by atoms with van der Waals surface area (Å²) < 4.78 is 7.18. The van der Waals surface area contributed by atoms with Crippen LogP contribution in [0, 0.1) is 0 Å². The summed E-state index contributed by atoms with van der Waals surface area (Å²) >= 11 is 0. The third-order valence-electron chi connectivity index (χ3n) is 28.1. The first-order valence-electron chi connectivity index (χ1n) is 48.5. The molecule has 0 unspecified atom stereocenters. The van der Waals surface area contributed by atoms with Crippen LogP contribution < -0.4 is 0 Å². The molecule has 666 valence electrons. The van der Waals surface area contributed by atoms with Gasteiger partial charge in [-0.1, -0.05) is 400 Å². The normalized spacial score (nSPS) is 11.6. The highest BCUT2D eigenvalue weighted by atomic mass is 15.0. The molecule has 0 saturated carbocycles. The van der Waals surface area contributed by atoms with Crippen molar-refractivity contribution in [3.63, 3.8) is 0 Å². The first-order chi connectivity index (χ1) is 70.9. The van der Waals surface area contributed by atoms with Gasteiger partial charge in [-0.25, -0.2) is 34.9 Å². The Morgan fingerprint density at radius 1 is 0.119 bits per heavy atom. The molecule has 0 atom stereocenters. The summed E-state index contributed by atoms with van der Waals surface area (Å²) in [5.41, 5.74) is 23.0. The minimum Gasteiger partial charge on any atom is -0.309 e. The van der Waals surface area contributed by atoms with Gasteiger partial charge in [0.2, 0.25) is 0 Å². The van der Waals surface area contributed by atoms with Crippen LogP contribution in [0.2, 0.25) is 0 Å². The van der Waals surface area contributed by atoms with Gasteiger partial charge in [0.05, 0.1) is 55.9 Å². The molecular formula is C133H84N10. The molecule has 0 aliphatic carbocycles. The van der Waals surface area contributed by atoms with Crippen molar-refractivity contribution in [3.8, 4) is 119 Å². The van der Waals surface area contributed by atoms with E-state index in [1.807, 2.05) is 48.5 Å². The maximum atomic E-state index is 5.17. The van der Waals surface area contributed by atoms with Crippen LogP contribution in [0.1, 0.15) is 0 Å². The van der Waals surface area contributed by atoms with Gasteiger partial charge in [0.15, 0.2) is 29.1 Å². The summed E-state index contributed by atoms with van der Waals surface area (Å²) in [5, 5.41) is 27.3. The maximum Gasteiger partial charge on any atom is 0.164 e. The number of aromatic nitrogens is 10. The summed E-state index contributed by atoms with van der Waals surface area (Å²) in [6, 6.07) is 180. The SMILES string of the molecule is c1cc(-c2nc(-c3ccc4ccccc4c3)nc(-c3ccc4ccccc4c3)n2)cc(-n2c3ccc4ccccc4c3c3c4ccccc4ccc32)c1.c1ccc(-c2cc(-c3ccccc3)nc(-c3ccc(-n4c5ccc6ccccc6c5c5c6ccccc6ccc54)cc3)n2)cc1.c1ccc(-c2cc(-c3ccccc3)nc(-c3cccc(-n4c5ccc6ccccc6c5c5c6ccccc6ccc54)c3)n2)cc1. The van der Waals surface area contributed by atoms with Crippen molar-refractivity contribution in [2.75, 3.05) is 0 Å². The molecule has 29 aromatic rings. The molecule has 0 amide bonds.